The molecule has 10 atom stereocenters. The van der Waals surface area contributed by atoms with Crippen molar-refractivity contribution in [3.63, 3.8) is 0 Å². The molecule has 3 nitrogen and oxygen atoms in total. The molecule has 3 N–H and O–H groups in total. The number of hydrogen-bond acceptors (Lipinski definition) is 3. The highest BCUT2D eigenvalue weighted by Gasteiger charge is 2.59. The van der Waals surface area contributed by atoms with Gasteiger partial charge < -0.3 is 15.3 Å². The lowest BCUT2D eigenvalue weighted by Gasteiger charge is -2.56. The van der Waals surface area contributed by atoms with E-state index in [9.17, 15) is 15.3 Å². The van der Waals surface area contributed by atoms with Crippen LogP contribution in [-0.2, 0) is 0 Å². The van der Waals surface area contributed by atoms with Crippen LogP contribution < -0.4 is 0 Å². The Morgan fingerprint density at radius 3 is 2.41 bits per heavy atom. The molecule has 182 valence electrons. The quantitative estimate of drug-likeness (QED) is 0.479. The molecular weight excluding hydrogens is 396 g/mol. The Labute approximate surface area is 196 Å². The van der Waals surface area contributed by atoms with Crippen LogP contribution in [0.5, 0.6) is 0 Å². The van der Waals surface area contributed by atoms with Gasteiger partial charge in [-0.2, -0.15) is 0 Å². The van der Waals surface area contributed by atoms with E-state index < -0.39 is 12.2 Å². The molecule has 32 heavy (non-hydrogen) atoms. The Kier molecular flexibility index (Phi) is 6.78. The minimum Gasteiger partial charge on any atom is -0.393 e. The summed E-state index contributed by atoms with van der Waals surface area (Å²) < 4.78 is 0. The van der Waals surface area contributed by atoms with E-state index in [2.05, 4.69) is 53.7 Å². The van der Waals surface area contributed by atoms with E-state index in [0.29, 0.717) is 48.3 Å². The second-order valence-corrected chi connectivity index (χ2v) is 12.7. The first-order valence-corrected chi connectivity index (χ1v) is 13.5. The van der Waals surface area contributed by atoms with E-state index >= 15 is 0 Å². The van der Waals surface area contributed by atoms with Crippen LogP contribution in [0, 0.1) is 46.3 Å². The molecule has 0 aromatic carbocycles. The van der Waals surface area contributed by atoms with Crippen molar-refractivity contribution in [2.75, 3.05) is 0 Å². The van der Waals surface area contributed by atoms with Gasteiger partial charge in [-0.15, -0.1) is 0 Å². The second-order valence-electron chi connectivity index (χ2n) is 12.7. The molecule has 4 aliphatic carbocycles. The fourth-order valence-corrected chi connectivity index (χ4v) is 8.66. The Hall–Kier alpha value is -0.640. The van der Waals surface area contributed by atoms with Crippen molar-refractivity contribution in [3.05, 3.63) is 23.3 Å². The third kappa shape index (κ3) is 3.75. The molecule has 0 aliphatic heterocycles. The summed E-state index contributed by atoms with van der Waals surface area (Å²) in [6.07, 6.45) is 11.5. The van der Waals surface area contributed by atoms with Gasteiger partial charge in [0.25, 0.3) is 0 Å². The van der Waals surface area contributed by atoms with Crippen LogP contribution in [-0.4, -0.2) is 33.6 Å². The molecule has 0 bridgehead atoms. The number of aliphatic hydroxyl groups is 3. The molecule has 4 rings (SSSR count). The van der Waals surface area contributed by atoms with Gasteiger partial charge in [0.1, 0.15) is 0 Å². The van der Waals surface area contributed by atoms with Crippen LogP contribution in [0.2, 0.25) is 0 Å². The normalized spacial score (nSPS) is 44.1. The minimum absolute atomic E-state index is 0.216. The van der Waals surface area contributed by atoms with Crippen LogP contribution in [0.1, 0.15) is 92.9 Å². The SMILES string of the molecule is CC[C@@H](C[C@@H](O)[C@@H](C)[C@H]1CC[C@H]2C3=CC=C4C[C@@H](O)C[C@H](O)[C@]4(C)[C@H]3CC[C@]12C)C(C)C. The molecule has 0 saturated heterocycles. The fourth-order valence-electron chi connectivity index (χ4n) is 8.66. The molecule has 0 amide bonds. The van der Waals surface area contributed by atoms with Crippen LogP contribution in [0.3, 0.4) is 0 Å². The summed E-state index contributed by atoms with van der Waals surface area (Å²) >= 11 is 0. The summed E-state index contributed by atoms with van der Waals surface area (Å²) in [5, 5.41) is 32.6. The lowest BCUT2D eigenvalue weighted by molar-refractivity contribution is -0.0583. The van der Waals surface area contributed by atoms with Crippen molar-refractivity contribution in [1.29, 1.82) is 0 Å². The minimum atomic E-state index is -0.462. The van der Waals surface area contributed by atoms with Crippen LogP contribution in [0.4, 0.5) is 0 Å². The summed E-state index contributed by atoms with van der Waals surface area (Å²) in [7, 11) is 0. The standard InChI is InChI=1S/C29H48O3/c1-7-19(17(2)3)14-26(31)18(4)23-10-11-24-22-9-8-20-15-21(30)16-27(32)29(20,6)25(22)12-13-28(23,24)5/h8-9,17-19,21,23-27,30-32H,7,10-16H2,1-6H3/t18-,19-,21+,23+,24-,25-,26+,27-,28+,29-/m0/s1. The van der Waals surface area contributed by atoms with Gasteiger partial charge in [0.15, 0.2) is 0 Å². The lowest BCUT2D eigenvalue weighted by Crippen LogP contribution is -2.52. The zero-order valence-corrected chi connectivity index (χ0v) is 21.3. The number of fused-ring (bicyclic) bond motifs is 5. The summed E-state index contributed by atoms with van der Waals surface area (Å²) in [6, 6.07) is 0. The molecule has 0 heterocycles. The molecule has 0 aromatic heterocycles. The van der Waals surface area contributed by atoms with Gasteiger partial charge in [0, 0.05) is 11.8 Å². The van der Waals surface area contributed by atoms with E-state index in [1.54, 1.807) is 5.57 Å². The maximum Gasteiger partial charge on any atom is 0.0661 e. The summed E-state index contributed by atoms with van der Waals surface area (Å²) in [5.41, 5.74) is 2.82. The Balaban J connectivity index is 1.56. The van der Waals surface area contributed by atoms with E-state index in [1.807, 2.05) is 0 Å². The highest BCUT2D eigenvalue weighted by atomic mass is 16.3. The number of rotatable bonds is 6. The second kappa shape index (κ2) is 8.86. The zero-order valence-electron chi connectivity index (χ0n) is 21.3. The molecule has 3 fully saturated rings. The van der Waals surface area contributed by atoms with Crippen molar-refractivity contribution in [1.82, 2.24) is 0 Å². The first kappa shape index (κ1) is 24.5. The average Bonchev–Trinajstić information content (AvgIpc) is 3.09. The first-order chi connectivity index (χ1) is 15.0. The average molecular weight is 445 g/mol. The third-order valence-corrected chi connectivity index (χ3v) is 11.0. The lowest BCUT2D eigenvalue weighted by atomic mass is 9.49. The Bertz CT molecular complexity index is 754. The largest absolute Gasteiger partial charge is 0.393 e. The predicted octanol–water partition coefficient (Wildman–Crippen LogP) is 5.89. The Morgan fingerprint density at radius 1 is 1.03 bits per heavy atom. The highest BCUT2D eigenvalue weighted by Crippen LogP contribution is 2.66. The van der Waals surface area contributed by atoms with Crippen molar-refractivity contribution < 1.29 is 15.3 Å². The monoisotopic (exact) mass is 444 g/mol. The van der Waals surface area contributed by atoms with E-state index in [1.165, 1.54) is 24.8 Å². The molecule has 0 unspecified atom stereocenters. The predicted molar refractivity (Wildman–Crippen MR) is 131 cm³/mol. The maximum absolute atomic E-state index is 11.2. The van der Waals surface area contributed by atoms with E-state index in [4.69, 9.17) is 0 Å². The molecule has 0 radical (unpaired) electrons. The topological polar surface area (TPSA) is 60.7 Å². The molecule has 0 spiro atoms. The Morgan fingerprint density at radius 2 is 1.75 bits per heavy atom. The van der Waals surface area contributed by atoms with Crippen molar-refractivity contribution in [3.8, 4) is 0 Å². The maximum atomic E-state index is 11.2. The molecule has 3 heteroatoms. The number of aliphatic hydroxyl groups excluding tert-OH is 3. The van der Waals surface area contributed by atoms with Gasteiger partial charge in [-0.05, 0) is 79.4 Å². The van der Waals surface area contributed by atoms with E-state index in [0.717, 1.165) is 19.3 Å². The molecule has 4 aliphatic rings. The highest BCUT2D eigenvalue weighted by molar-refractivity contribution is 5.40. The van der Waals surface area contributed by atoms with Crippen molar-refractivity contribution >= 4 is 0 Å². The van der Waals surface area contributed by atoms with Gasteiger partial charge in [-0.1, -0.05) is 71.3 Å². The fraction of sp³-hybridized carbons (Fsp3) is 0.862. The first-order valence-electron chi connectivity index (χ1n) is 13.5. The van der Waals surface area contributed by atoms with Crippen LogP contribution >= 0.6 is 0 Å². The summed E-state index contributed by atoms with van der Waals surface area (Å²) in [5.74, 6) is 3.06. The van der Waals surface area contributed by atoms with Crippen LogP contribution in [0.25, 0.3) is 0 Å². The van der Waals surface area contributed by atoms with E-state index in [-0.39, 0.29) is 16.9 Å². The molecule has 3 saturated carbocycles. The molecule has 0 aromatic rings. The summed E-state index contributed by atoms with van der Waals surface area (Å²) in [4.78, 5) is 0. The van der Waals surface area contributed by atoms with Gasteiger partial charge >= 0.3 is 0 Å². The summed E-state index contributed by atoms with van der Waals surface area (Å²) in [6.45, 7) is 13.9. The number of hydrogen-bond donors (Lipinski definition) is 3. The van der Waals surface area contributed by atoms with Gasteiger partial charge in [-0.25, -0.2) is 0 Å². The smallest absolute Gasteiger partial charge is 0.0661 e. The van der Waals surface area contributed by atoms with Crippen LogP contribution in [0.15, 0.2) is 23.3 Å². The van der Waals surface area contributed by atoms with Gasteiger partial charge in [-0.3, -0.25) is 0 Å². The molecular formula is C29H48O3. The van der Waals surface area contributed by atoms with Crippen molar-refractivity contribution in [2.45, 2.75) is 111 Å². The number of allylic oxidation sites excluding steroid dienone is 3. The van der Waals surface area contributed by atoms with Crippen molar-refractivity contribution in [2.24, 2.45) is 46.3 Å². The third-order valence-electron chi connectivity index (χ3n) is 11.0. The van der Waals surface area contributed by atoms with Gasteiger partial charge in [0.05, 0.1) is 18.3 Å². The van der Waals surface area contributed by atoms with Gasteiger partial charge in [0.2, 0.25) is 0 Å². The zero-order chi connectivity index (χ0) is 23.4.